The maximum Gasteiger partial charge on any atom is 0.243 e. The minimum atomic E-state index is -3.49. The van der Waals surface area contributed by atoms with Crippen LogP contribution in [0.25, 0.3) is 0 Å². The molecule has 2 saturated carbocycles. The monoisotopic (exact) mass is 431 g/mol. The number of hydrogen-bond acceptors (Lipinski definition) is 4. The first-order valence-corrected chi connectivity index (χ1v) is 13.0. The lowest BCUT2D eigenvalue weighted by atomic mass is 10.1. The fourth-order valence-corrected chi connectivity index (χ4v) is 6.63. The van der Waals surface area contributed by atoms with E-state index in [1.807, 2.05) is 17.0 Å². The summed E-state index contributed by atoms with van der Waals surface area (Å²) in [4.78, 5) is 17.6. The van der Waals surface area contributed by atoms with Gasteiger partial charge in [-0.15, -0.1) is 0 Å². The van der Waals surface area contributed by atoms with E-state index in [0.717, 1.165) is 25.2 Å². The molecule has 0 N–H and O–H groups in total. The molecule has 0 spiro atoms. The van der Waals surface area contributed by atoms with Gasteiger partial charge in [-0.25, -0.2) is 8.42 Å². The van der Waals surface area contributed by atoms with Gasteiger partial charge < -0.3 is 4.90 Å². The summed E-state index contributed by atoms with van der Waals surface area (Å²) in [7, 11) is -3.49. The molecule has 1 aliphatic heterocycles. The summed E-state index contributed by atoms with van der Waals surface area (Å²) in [6, 6.07) is 6.66. The molecule has 1 aromatic carbocycles. The predicted octanol–water partition coefficient (Wildman–Crippen LogP) is 2.27. The third-order valence-electron chi connectivity index (χ3n) is 7.46. The first-order chi connectivity index (χ1) is 14.4. The zero-order valence-electron chi connectivity index (χ0n) is 17.9. The Kier molecular flexibility index (Phi) is 5.40. The number of carbonyl (C=O) groups excluding carboxylic acids is 1. The van der Waals surface area contributed by atoms with Crippen molar-refractivity contribution in [1.82, 2.24) is 14.1 Å². The smallest absolute Gasteiger partial charge is 0.243 e. The third-order valence-corrected chi connectivity index (χ3v) is 9.35. The van der Waals surface area contributed by atoms with Crippen LogP contribution < -0.4 is 0 Å². The highest BCUT2D eigenvalue weighted by molar-refractivity contribution is 7.89. The lowest BCUT2D eigenvalue weighted by Crippen LogP contribution is -2.53. The van der Waals surface area contributed by atoms with Crippen LogP contribution in [-0.4, -0.2) is 73.2 Å². The fourth-order valence-electron chi connectivity index (χ4n) is 5.15. The van der Waals surface area contributed by atoms with E-state index in [0.29, 0.717) is 49.7 Å². The molecule has 3 fully saturated rings. The highest BCUT2D eigenvalue weighted by Gasteiger charge is 2.40. The number of amides is 1. The van der Waals surface area contributed by atoms with Crippen LogP contribution >= 0.6 is 0 Å². The zero-order chi connectivity index (χ0) is 20.9. The third kappa shape index (κ3) is 4.04. The Labute approximate surface area is 180 Å². The molecule has 1 aromatic rings. The molecule has 1 heterocycles. The highest BCUT2D eigenvalue weighted by atomic mass is 32.2. The molecule has 5 rings (SSSR count). The van der Waals surface area contributed by atoms with E-state index in [-0.39, 0.29) is 5.91 Å². The van der Waals surface area contributed by atoms with Crippen LogP contribution in [0.1, 0.15) is 50.2 Å². The van der Waals surface area contributed by atoms with Crippen molar-refractivity contribution >= 4 is 15.9 Å². The van der Waals surface area contributed by atoms with Crippen LogP contribution in [0, 0.1) is 5.92 Å². The van der Waals surface area contributed by atoms with E-state index in [2.05, 4.69) is 11.8 Å². The summed E-state index contributed by atoms with van der Waals surface area (Å²) in [6.07, 6.45) is 8.12. The minimum absolute atomic E-state index is 0.156. The standard InChI is InChI=1S/C23H33N3O3S/c1-17(18-5-6-18)26(21-8-9-21)16-23(27)24-11-13-25(14-12-24)30(28,29)22-10-7-19-3-2-4-20(19)15-22/h7,10,15,17-18,21H,2-6,8-9,11-14,16H2,1H3. The van der Waals surface area contributed by atoms with Gasteiger partial charge in [0.25, 0.3) is 0 Å². The first kappa shape index (κ1) is 20.5. The van der Waals surface area contributed by atoms with Crippen LogP contribution in [0.2, 0.25) is 0 Å². The van der Waals surface area contributed by atoms with Crippen LogP contribution in [-0.2, 0) is 27.7 Å². The van der Waals surface area contributed by atoms with E-state index in [1.165, 1.54) is 36.8 Å². The summed E-state index contributed by atoms with van der Waals surface area (Å²) < 4.78 is 27.8. The number of carbonyl (C=O) groups is 1. The topological polar surface area (TPSA) is 60.9 Å². The van der Waals surface area contributed by atoms with E-state index in [9.17, 15) is 13.2 Å². The number of rotatable bonds is 7. The molecule has 6 nitrogen and oxygen atoms in total. The number of sulfonamides is 1. The van der Waals surface area contributed by atoms with Crippen LogP contribution in [0.5, 0.6) is 0 Å². The molecule has 3 aliphatic carbocycles. The van der Waals surface area contributed by atoms with Crippen molar-refractivity contribution < 1.29 is 13.2 Å². The van der Waals surface area contributed by atoms with E-state index in [4.69, 9.17) is 0 Å². The Morgan fingerprint density at radius 2 is 1.77 bits per heavy atom. The quantitative estimate of drug-likeness (QED) is 0.665. The van der Waals surface area contributed by atoms with Gasteiger partial charge in [-0.2, -0.15) is 4.31 Å². The van der Waals surface area contributed by atoms with Gasteiger partial charge in [-0.3, -0.25) is 9.69 Å². The van der Waals surface area contributed by atoms with E-state index in [1.54, 1.807) is 10.4 Å². The Hall–Kier alpha value is -1.44. The summed E-state index contributed by atoms with van der Waals surface area (Å²) in [5, 5.41) is 0. The zero-order valence-corrected chi connectivity index (χ0v) is 18.7. The van der Waals surface area contributed by atoms with Gasteiger partial charge in [0.05, 0.1) is 11.4 Å². The van der Waals surface area contributed by atoms with Gasteiger partial charge in [0.1, 0.15) is 0 Å². The van der Waals surface area contributed by atoms with Gasteiger partial charge in [0.2, 0.25) is 15.9 Å². The average Bonchev–Trinajstić information content (AvgIpc) is 3.68. The average molecular weight is 432 g/mol. The summed E-state index contributed by atoms with van der Waals surface area (Å²) >= 11 is 0. The second-order valence-corrected chi connectivity index (χ2v) is 11.5. The van der Waals surface area contributed by atoms with Crippen LogP contribution in [0.15, 0.2) is 23.1 Å². The number of piperazine rings is 1. The molecule has 1 saturated heterocycles. The fraction of sp³-hybridized carbons (Fsp3) is 0.696. The Morgan fingerprint density at radius 1 is 1.07 bits per heavy atom. The SMILES string of the molecule is CC(C1CC1)N(CC(=O)N1CCN(S(=O)(=O)c2ccc3c(c2)CCC3)CC1)C1CC1. The van der Waals surface area contributed by atoms with Crippen molar-refractivity contribution in [2.45, 2.75) is 68.8 Å². The normalized spacial score (nSPS) is 23.6. The van der Waals surface area contributed by atoms with Crippen molar-refractivity contribution in [2.24, 2.45) is 5.92 Å². The molecule has 30 heavy (non-hydrogen) atoms. The molecule has 0 bridgehead atoms. The largest absolute Gasteiger partial charge is 0.339 e. The number of nitrogens with zero attached hydrogens (tertiary/aromatic N) is 3. The van der Waals surface area contributed by atoms with Gasteiger partial charge in [-0.05, 0) is 81.0 Å². The highest BCUT2D eigenvalue weighted by Crippen LogP contribution is 2.39. The lowest BCUT2D eigenvalue weighted by molar-refractivity contribution is -0.134. The van der Waals surface area contributed by atoms with Crippen LogP contribution in [0.4, 0.5) is 0 Å². The molecule has 1 unspecified atom stereocenters. The Morgan fingerprint density at radius 3 is 2.43 bits per heavy atom. The first-order valence-electron chi connectivity index (χ1n) is 11.6. The maximum absolute atomic E-state index is 13.1. The van der Waals surface area contributed by atoms with Gasteiger partial charge >= 0.3 is 0 Å². The van der Waals surface area contributed by atoms with Gasteiger partial charge in [-0.1, -0.05) is 6.07 Å². The van der Waals surface area contributed by atoms with Crippen molar-refractivity contribution in [3.05, 3.63) is 29.3 Å². The second-order valence-electron chi connectivity index (χ2n) is 9.55. The summed E-state index contributed by atoms with van der Waals surface area (Å²) in [5.41, 5.74) is 2.46. The number of hydrogen-bond donors (Lipinski definition) is 0. The van der Waals surface area contributed by atoms with E-state index < -0.39 is 10.0 Å². The second kappa shape index (κ2) is 7.92. The van der Waals surface area contributed by atoms with Gasteiger partial charge in [0, 0.05) is 38.3 Å². The number of aryl methyl sites for hydroxylation is 2. The molecule has 4 aliphatic rings. The maximum atomic E-state index is 13.1. The molecule has 0 aromatic heterocycles. The number of fused-ring (bicyclic) bond motifs is 1. The van der Waals surface area contributed by atoms with Crippen molar-refractivity contribution in [1.29, 1.82) is 0 Å². The minimum Gasteiger partial charge on any atom is -0.339 e. The molecule has 7 heteroatoms. The van der Waals surface area contributed by atoms with Crippen LogP contribution in [0.3, 0.4) is 0 Å². The lowest BCUT2D eigenvalue weighted by Gasteiger charge is -2.36. The molecular formula is C23H33N3O3S. The van der Waals surface area contributed by atoms with E-state index >= 15 is 0 Å². The molecule has 164 valence electrons. The summed E-state index contributed by atoms with van der Waals surface area (Å²) in [6.45, 7) is 4.49. The Balaban J connectivity index is 1.20. The Bertz CT molecular complexity index is 916. The molecule has 1 amide bonds. The predicted molar refractivity (Wildman–Crippen MR) is 116 cm³/mol. The molecule has 1 atom stereocenters. The molecular weight excluding hydrogens is 398 g/mol. The summed E-state index contributed by atoms with van der Waals surface area (Å²) in [5.74, 6) is 0.914. The van der Waals surface area contributed by atoms with Crippen molar-refractivity contribution in [3.63, 3.8) is 0 Å². The van der Waals surface area contributed by atoms with Gasteiger partial charge in [0.15, 0.2) is 0 Å². The molecule has 0 radical (unpaired) electrons. The van der Waals surface area contributed by atoms with Crippen molar-refractivity contribution in [3.8, 4) is 0 Å². The number of benzene rings is 1. The van der Waals surface area contributed by atoms with Crippen molar-refractivity contribution in [2.75, 3.05) is 32.7 Å².